The Kier molecular flexibility index (Phi) is 6.06. The summed E-state index contributed by atoms with van der Waals surface area (Å²) >= 11 is 1.21. The molecule has 2 N–H and O–H groups in total. The van der Waals surface area contributed by atoms with E-state index in [0.717, 1.165) is 37.1 Å². The number of halogens is 3. The number of nitrogens with zero attached hydrogens (tertiary/aromatic N) is 4. The first-order chi connectivity index (χ1) is 16.7. The molecule has 2 aliphatic heterocycles. The number of nitrogens with one attached hydrogen (secondary N) is 1. The SMILES string of the molecule is CN1CCN(C2=NC(=O)C(=C(Cc3ccc(O)cc3C(F)(F)F)c3ccc4[nH]ncc4c3)S2)CC1. The van der Waals surface area contributed by atoms with E-state index < -0.39 is 23.4 Å². The van der Waals surface area contributed by atoms with Crippen LogP contribution >= 0.6 is 11.8 Å². The van der Waals surface area contributed by atoms with Crippen molar-refractivity contribution in [1.82, 2.24) is 20.0 Å². The number of phenolic OH excluding ortho intramolecular Hbond substituents is 1. The molecule has 0 saturated carbocycles. The molecule has 5 rings (SSSR count). The number of amides is 1. The summed E-state index contributed by atoms with van der Waals surface area (Å²) in [5.74, 6) is -0.930. The van der Waals surface area contributed by atoms with Crippen LogP contribution in [0.5, 0.6) is 5.75 Å². The van der Waals surface area contributed by atoms with Crippen LogP contribution in [0.2, 0.25) is 0 Å². The number of carbonyl (C=O) groups excluding carboxylic acids is 1. The number of likely N-dealkylation sites (N-methyl/N-ethyl adjacent to an activating group) is 1. The number of allylic oxidation sites excluding steroid dienone is 1. The monoisotopic (exact) mass is 501 g/mol. The Morgan fingerprint density at radius 1 is 1.14 bits per heavy atom. The van der Waals surface area contributed by atoms with E-state index in [4.69, 9.17) is 0 Å². The number of rotatable bonds is 3. The summed E-state index contributed by atoms with van der Waals surface area (Å²) < 4.78 is 41.4. The number of carbonyl (C=O) groups is 1. The van der Waals surface area contributed by atoms with E-state index in [1.807, 2.05) is 11.9 Å². The van der Waals surface area contributed by atoms with Gasteiger partial charge in [0.1, 0.15) is 5.75 Å². The summed E-state index contributed by atoms with van der Waals surface area (Å²) in [5, 5.41) is 17.9. The van der Waals surface area contributed by atoms with Crippen molar-refractivity contribution in [3.05, 3.63) is 64.2 Å². The van der Waals surface area contributed by atoms with Crippen molar-refractivity contribution in [3.63, 3.8) is 0 Å². The number of hydrogen-bond donors (Lipinski definition) is 2. The first kappa shape index (κ1) is 23.4. The van der Waals surface area contributed by atoms with Crippen LogP contribution in [0, 0.1) is 0 Å². The summed E-state index contributed by atoms with van der Waals surface area (Å²) in [6, 6.07) is 8.54. The molecule has 1 amide bonds. The fourth-order valence-corrected chi connectivity index (χ4v) is 5.30. The van der Waals surface area contributed by atoms with Crippen molar-refractivity contribution in [3.8, 4) is 5.75 Å². The number of piperazine rings is 1. The standard InChI is InChI=1S/C24H22F3N5O2S/c1-31-6-8-32(9-7-31)23-29-22(34)21(35-23)18(14-3-5-20-16(10-14)13-28-30-20)11-15-2-4-17(33)12-19(15)24(25,26)27/h2-5,10,12-13,33H,6-9,11H2,1H3,(H,28,30). The van der Waals surface area contributed by atoms with Gasteiger partial charge in [0.15, 0.2) is 5.17 Å². The molecule has 0 bridgehead atoms. The smallest absolute Gasteiger partial charge is 0.416 e. The molecule has 3 aromatic rings. The van der Waals surface area contributed by atoms with Crippen molar-refractivity contribution >= 4 is 39.3 Å². The van der Waals surface area contributed by atoms with Gasteiger partial charge in [0.05, 0.1) is 22.2 Å². The van der Waals surface area contributed by atoms with Crippen LogP contribution in [0.3, 0.4) is 0 Å². The van der Waals surface area contributed by atoms with Gasteiger partial charge in [-0.05, 0) is 66.2 Å². The van der Waals surface area contributed by atoms with Crippen molar-refractivity contribution in [2.45, 2.75) is 12.6 Å². The molecule has 182 valence electrons. The van der Waals surface area contributed by atoms with Gasteiger partial charge < -0.3 is 14.9 Å². The molecule has 35 heavy (non-hydrogen) atoms. The molecule has 11 heteroatoms. The number of aromatic hydroxyl groups is 1. The van der Waals surface area contributed by atoms with Crippen molar-refractivity contribution in [1.29, 1.82) is 0 Å². The zero-order valence-corrected chi connectivity index (χ0v) is 19.6. The van der Waals surface area contributed by atoms with Crippen molar-refractivity contribution in [2.75, 3.05) is 33.2 Å². The van der Waals surface area contributed by atoms with E-state index >= 15 is 0 Å². The summed E-state index contributed by atoms with van der Waals surface area (Å²) in [5.41, 5.74) is 0.874. The molecule has 1 fully saturated rings. The second-order valence-electron chi connectivity index (χ2n) is 8.59. The molecular weight excluding hydrogens is 479 g/mol. The van der Waals surface area contributed by atoms with Crippen LogP contribution in [0.1, 0.15) is 16.7 Å². The highest BCUT2D eigenvalue weighted by molar-refractivity contribution is 8.18. The Balaban J connectivity index is 1.58. The van der Waals surface area contributed by atoms with Gasteiger partial charge in [-0.15, -0.1) is 0 Å². The molecule has 3 heterocycles. The highest BCUT2D eigenvalue weighted by Gasteiger charge is 2.35. The maximum atomic E-state index is 13.8. The summed E-state index contributed by atoms with van der Waals surface area (Å²) in [4.78, 5) is 21.8. The molecule has 2 aliphatic rings. The Labute approximate surface area is 203 Å². The number of benzene rings is 2. The molecule has 0 atom stereocenters. The van der Waals surface area contributed by atoms with Crippen LogP contribution in [0.25, 0.3) is 16.5 Å². The minimum atomic E-state index is -4.66. The molecule has 0 aliphatic carbocycles. The molecule has 1 aromatic heterocycles. The number of fused-ring (bicyclic) bond motifs is 1. The first-order valence-corrected chi connectivity index (χ1v) is 11.8. The molecule has 1 saturated heterocycles. The molecule has 7 nitrogen and oxygen atoms in total. The van der Waals surface area contributed by atoms with Gasteiger partial charge >= 0.3 is 6.18 Å². The molecule has 0 spiro atoms. The fraction of sp³-hybridized carbons (Fsp3) is 0.292. The van der Waals surface area contributed by atoms with Crippen LogP contribution in [-0.4, -0.2) is 69.4 Å². The molecule has 0 unspecified atom stereocenters. The lowest BCUT2D eigenvalue weighted by Gasteiger charge is -2.33. The number of phenols is 1. The number of aliphatic imine (C=N–C) groups is 1. The summed E-state index contributed by atoms with van der Waals surface area (Å²) in [6.07, 6.45) is -3.19. The largest absolute Gasteiger partial charge is 0.508 e. The topological polar surface area (TPSA) is 84.8 Å². The average molecular weight is 502 g/mol. The number of thioether (sulfide) groups is 1. The van der Waals surface area contributed by atoms with Gasteiger partial charge in [0.2, 0.25) is 0 Å². The van der Waals surface area contributed by atoms with Crippen LogP contribution < -0.4 is 0 Å². The van der Waals surface area contributed by atoms with E-state index in [-0.39, 0.29) is 12.0 Å². The first-order valence-electron chi connectivity index (χ1n) is 11.0. The quantitative estimate of drug-likeness (QED) is 0.526. The fourth-order valence-electron chi connectivity index (χ4n) is 4.24. The van der Waals surface area contributed by atoms with Gasteiger partial charge in [-0.3, -0.25) is 9.89 Å². The maximum absolute atomic E-state index is 13.8. The second kappa shape index (κ2) is 9.04. The third kappa shape index (κ3) is 4.78. The Morgan fingerprint density at radius 2 is 1.91 bits per heavy atom. The third-order valence-corrected chi connectivity index (χ3v) is 7.34. The molecule has 0 radical (unpaired) electrons. The number of amidine groups is 1. The summed E-state index contributed by atoms with van der Waals surface area (Å²) in [7, 11) is 2.03. The third-order valence-electron chi connectivity index (χ3n) is 6.19. The van der Waals surface area contributed by atoms with Crippen LogP contribution in [0.4, 0.5) is 13.2 Å². The normalized spacial score (nSPS) is 18.9. The van der Waals surface area contributed by atoms with Gasteiger partial charge in [-0.25, -0.2) is 0 Å². The lowest BCUT2D eigenvalue weighted by molar-refractivity contribution is -0.138. The van der Waals surface area contributed by atoms with Crippen molar-refractivity contribution < 1.29 is 23.1 Å². The van der Waals surface area contributed by atoms with Crippen molar-refractivity contribution in [2.24, 2.45) is 4.99 Å². The van der Waals surface area contributed by atoms with E-state index in [1.165, 1.54) is 23.9 Å². The minimum Gasteiger partial charge on any atom is -0.508 e. The lowest BCUT2D eigenvalue weighted by Crippen LogP contribution is -2.46. The molecule has 2 aromatic carbocycles. The Bertz CT molecular complexity index is 1360. The number of H-pyrrole nitrogens is 1. The highest BCUT2D eigenvalue weighted by atomic mass is 32.2. The predicted molar refractivity (Wildman–Crippen MR) is 129 cm³/mol. The lowest BCUT2D eigenvalue weighted by atomic mass is 9.93. The summed E-state index contributed by atoms with van der Waals surface area (Å²) in [6.45, 7) is 3.10. The number of alkyl halides is 3. The number of hydrogen-bond acceptors (Lipinski definition) is 6. The Hall–Kier alpha value is -3.31. The van der Waals surface area contributed by atoms with Gasteiger partial charge in [-0.1, -0.05) is 12.1 Å². The van der Waals surface area contributed by atoms with E-state index in [0.29, 0.717) is 27.3 Å². The zero-order valence-electron chi connectivity index (χ0n) is 18.8. The van der Waals surface area contributed by atoms with Gasteiger partial charge in [0, 0.05) is 31.6 Å². The van der Waals surface area contributed by atoms with Crippen LogP contribution in [0.15, 0.2) is 52.5 Å². The molecular formula is C24H22F3N5O2S. The Morgan fingerprint density at radius 3 is 2.66 bits per heavy atom. The average Bonchev–Trinajstić information content (AvgIpc) is 3.44. The van der Waals surface area contributed by atoms with E-state index in [9.17, 15) is 23.1 Å². The maximum Gasteiger partial charge on any atom is 0.416 e. The number of aromatic nitrogens is 2. The predicted octanol–water partition coefficient (Wildman–Crippen LogP) is 4.12. The van der Waals surface area contributed by atoms with Crippen LogP contribution in [-0.2, 0) is 17.4 Å². The minimum absolute atomic E-state index is 0.0356. The number of aromatic amines is 1. The van der Waals surface area contributed by atoms with E-state index in [2.05, 4.69) is 20.1 Å². The van der Waals surface area contributed by atoms with Gasteiger partial charge in [0.25, 0.3) is 5.91 Å². The highest BCUT2D eigenvalue weighted by Crippen LogP contribution is 2.40. The van der Waals surface area contributed by atoms with E-state index in [1.54, 1.807) is 24.4 Å². The second-order valence-corrected chi connectivity index (χ2v) is 9.57. The van der Waals surface area contributed by atoms with Gasteiger partial charge in [-0.2, -0.15) is 23.3 Å². The zero-order chi connectivity index (χ0) is 24.7.